The molecule has 1 heterocycles. The van der Waals surface area contributed by atoms with Gasteiger partial charge in [0.2, 0.25) is 7.59 Å². The van der Waals surface area contributed by atoms with Crippen molar-refractivity contribution in [3.63, 3.8) is 0 Å². The molecule has 1 aromatic heterocycles. The molecule has 0 radical (unpaired) electrons. The van der Waals surface area contributed by atoms with Crippen LogP contribution in [0, 0.1) is 5.82 Å². The highest BCUT2D eigenvalue weighted by molar-refractivity contribution is 6.67. The van der Waals surface area contributed by atoms with Crippen LogP contribution >= 0.6 is 92.8 Å². The molecule has 1 N–H and O–H groups in total. The zero-order valence-corrected chi connectivity index (χ0v) is 20.3. The zero-order chi connectivity index (χ0) is 21.7. The molecule has 0 amide bonds. The van der Waals surface area contributed by atoms with E-state index in [2.05, 4.69) is 20.3 Å². The molecule has 28 heavy (non-hydrogen) atoms. The molecule has 0 fully saturated rings. The van der Waals surface area contributed by atoms with Crippen LogP contribution in [0.2, 0.25) is 0 Å². The number of nitrogens with one attached hydrogen (secondary N) is 1. The summed E-state index contributed by atoms with van der Waals surface area (Å²) in [6.07, 6.45) is 0. The van der Waals surface area contributed by atoms with E-state index in [4.69, 9.17) is 92.8 Å². The van der Waals surface area contributed by atoms with Gasteiger partial charge in [0.25, 0.3) is 0 Å². The first-order chi connectivity index (χ1) is 12.7. The van der Waals surface area contributed by atoms with E-state index < -0.39 is 13.4 Å². The number of benzene rings is 1. The van der Waals surface area contributed by atoms with E-state index in [1.54, 1.807) is 6.07 Å². The fraction of sp³-hybridized carbons (Fsp3) is 0.400. The molecule has 2 rings (SSSR count). The normalized spacial score (nSPS) is 14.1. The van der Waals surface area contributed by atoms with Crippen molar-refractivity contribution >= 4 is 92.8 Å². The number of hydrogen-bond acceptors (Lipinski definition) is 4. The third-order valence-electron chi connectivity index (χ3n) is 2.68. The summed E-state index contributed by atoms with van der Waals surface area (Å²) < 4.78 is 9.40. The molecule has 2 aromatic rings. The van der Waals surface area contributed by atoms with Gasteiger partial charge in [-0.3, -0.25) is 5.32 Å². The molecule has 0 saturated heterocycles. The lowest BCUT2D eigenvalue weighted by molar-refractivity contribution is 0.628. The molecule has 0 aliphatic carbocycles. The molecule has 0 bridgehead atoms. The standard InChI is InChI=1S/C11H4Cl6FN3.C4H9Cl2N/c12-10(13,14)8-19-7(5-2-1-3-6(18)4-5)20-9(21-8)11(15,16)17;1-3(5)7-4(2)6/h1-4H;3-4,7H,1-2H3. The number of rotatable bonds is 3. The minimum absolute atomic E-state index is 0.0205. The zero-order valence-electron chi connectivity index (χ0n) is 14.2. The Hall–Kier alpha value is 0.440. The van der Waals surface area contributed by atoms with Crippen molar-refractivity contribution in [3.8, 4) is 11.4 Å². The van der Waals surface area contributed by atoms with Crippen LogP contribution in [0.5, 0.6) is 0 Å². The largest absolute Gasteiger partial charge is 0.286 e. The van der Waals surface area contributed by atoms with Crippen LogP contribution in [-0.2, 0) is 7.59 Å². The van der Waals surface area contributed by atoms with Gasteiger partial charge in [-0.1, -0.05) is 81.7 Å². The predicted molar refractivity (Wildman–Crippen MR) is 117 cm³/mol. The second kappa shape index (κ2) is 11.2. The summed E-state index contributed by atoms with van der Waals surface area (Å²) in [5.41, 5.74) is 0.253. The lowest BCUT2D eigenvalue weighted by Crippen LogP contribution is -2.25. The average Bonchev–Trinajstić information content (AvgIpc) is 2.52. The van der Waals surface area contributed by atoms with Crippen molar-refractivity contribution in [2.75, 3.05) is 0 Å². The number of hydrogen-bond donors (Lipinski definition) is 1. The Bertz CT molecular complexity index is 739. The summed E-state index contributed by atoms with van der Waals surface area (Å²) >= 11 is 45.4. The molecular weight excluding hydrogens is 539 g/mol. The van der Waals surface area contributed by atoms with Crippen molar-refractivity contribution in [1.82, 2.24) is 20.3 Å². The van der Waals surface area contributed by atoms with Gasteiger partial charge in [0.1, 0.15) is 5.82 Å². The maximum absolute atomic E-state index is 13.3. The van der Waals surface area contributed by atoms with Crippen LogP contribution in [0.1, 0.15) is 25.5 Å². The first-order valence-electron chi connectivity index (χ1n) is 7.40. The molecule has 0 aliphatic rings. The second-order valence-electron chi connectivity index (χ2n) is 5.21. The molecule has 1 aromatic carbocycles. The molecule has 4 nitrogen and oxygen atoms in total. The Morgan fingerprint density at radius 2 is 1.32 bits per heavy atom. The average molecular weight is 552 g/mol. The summed E-state index contributed by atoms with van der Waals surface area (Å²) in [5.74, 6) is -0.933. The molecule has 2 unspecified atom stereocenters. The highest BCUT2D eigenvalue weighted by Crippen LogP contribution is 2.40. The monoisotopic (exact) mass is 548 g/mol. The van der Waals surface area contributed by atoms with Gasteiger partial charge in [-0.05, 0) is 26.0 Å². The number of alkyl halides is 8. The summed E-state index contributed by atoms with van der Waals surface area (Å²) in [4.78, 5) is 11.8. The molecule has 0 spiro atoms. The van der Waals surface area contributed by atoms with E-state index in [0.717, 1.165) is 0 Å². The van der Waals surface area contributed by atoms with Gasteiger partial charge in [-0.2, -0.15) is 0 Å². The Labute approximate surface area is 201 Å². The minimum atomic E-state index is -1.95. The molecule has 156 valence electrons. The minimum Gasteiger partial charge on any atom is -0.286 e. The molecule has 13 heteroatoms. The van der Waals surface area contributed by atoms with Crippen LogP contribution in [0.25, 0.3) is 11.4 Å². The maximum atomic E-state index is 13.3. The van der Waals surface area contributed by atoms with Crippen molar-refractivity contribution < 1.29 is 4.39 Å². The van der Waals surface area contributed by atoms with Crippen LogP contribution in [0.3, 0.4) is 0 Å². The smallest absolute Gasteiger partial charge is 0.250 e. The third-order valence-corrected chi connectivity index (χ3v) is 3.95. The van der Waals surface area contributed by atoms with E-state index >= 15 is 0 Å². The predicted octanol–water partition coefficient (Wildman–Crippen LogP) is 7.08. The molecular formula is C15H13Cl8FN4. The number of nitrogens with zero attached hydrogens (tertiary/aromatic N) is 3. The van der Waals surface area contributed by atoms with Gasteiger partial charge in [0.15, 0.2) is 17.5 Å². The van der Waals surface area contributed by atoms with E-state index in [9.17, 15) is 4.39 Å². The van der Waals surface area contributed by atoms with E-state index in [0.29, 0.717) is 5.56 Å². The first-order valence-corrected chi connectivity index (χ1v) is 10.5. The van der Waals surface area contributed by atoms with Crippen molar-refractivity contribution in [2.45, 2.75) is 32.4 Å². The lowest BCUT2D eigenvalue weighted by atomic mass is 10.2. The Kier molecular flexibility index (Phi) is 10.6. The lowest BCUT2D eigenvalue weighted by Gasteiger charge is -2.15. The van der Waals surface area contributed by atoms with Gasteiger partial charge in [0.05, 0.1) is 11.0 Å². The second-order valence-corrected chi connectivity index (χ2v) is 11.1. The molecule has 0 aliphatic heterocycles. The Morgan fingerprint density at radius 1 is 0.857 bits per heavy atom. The number of aromatic nitrogens is 3. The maximum Gasteiger partial charge on any atom is 0.250 e. The topological polar surface area (TPSA) is 50.7 Å². The van der Waals surface area contributed by atoms with Gasteiger partial charge < -0.3 is 0 Å². The van der Waals surface area contributed by atoms with Gasteiger partial charge >= 0.3 is 0 Å². The van der Waals surface area contributed by atoms with Crippen molar-refractivity contribution in [1.29, 1.82) is 0 Å². The Morgan fingerprint density at radius 3 is 1.64 bits per heavy atom. The first kappa shape index (κ1) is 26.5. The molecule has 0 saturated carbocycles. The quantitative estimate of drug-likeness (QED) is 0.327. The Balaban J connectivity index is 0.000000480. The third kappa shape index (κ3) is 9.50. The van der Waals surface area contributed by atoms with E-state index in [1.165, 1.54) is 18.2 Å². The van der Waals surface area contributed by atoms with Crippen LogP contribution in [0.15, 0.2) is 24.3 Å². The summed E-state index contributed by atoms with van der Waals surface area (Å²) in [5, 5.41) is 2.84. The van der Waals surface area contributed by atoms with Crippen LogP contribution in [0.4, 0.5) is 4.39 Å². The SMILES string of the molecule is CC(Cl)NC(C)Cl.Fc1cccc(-c2nc(C(Cl)(Cl)Cl)nc(C(Cl)(Cl)Cl)n2)c1. The fourth-order valence-electron chi connectivity index (χ4n) is 1.70. The fourth-order valence-corrected chi connectivity index (χ4v) is 2.65. The van der Waals surface area contributed by atoms with Gasteiger partial charge in [-0.25, -0.2) is 19.3 Å². The van der Waals surface area contributed by atoms with Crippen LogP contribution < -0.4 is 5.32 Å². The van der Waals surface area contributed by atoms with Crippen molar-refractivity contribution in [2.24, 2.45) is 0 Å². The molecule has 2 atom stereocenters. The highest BCUT2D eigenvalue weighted by atomic mass is 35.6. The highest BCUT2D eigenvalue weighted by Gasteiger charge is 2.34. The van der Waals surface area contributed by atoms with E-state index in [1.807, 2.05) is 13.8 Å². The van der Waals surface area contributed by atoms with Gasteiger partial charge in [0, 0.05) is 5.56 Å². The van der Waals surface area contributed by atoms with Crippen LogP contribution in [-0.4, -0.2) is 26.0 Å². The van der Waals surface area contributed by atoms with Crippen molar-refractivity contribution in [3.05, 3.63) is 41.7 Å². The summed E-state index contributed by atoms with van der Waals surface area (Å²) in [6, 6.07) is 5.48. The van der Waals surface area contributed by atoms with Gasteiger partial charge in [-0.15, -0.1) is 23.2 Å². The number of halogens is 9. The summed E-state index contributed by atoms with van der Waals surface area (Å²) in [6.45, 7) is 3.67. The van der Waals surface area contributed by atoms with E-state index in [-0.39, 0.29) is 28.5 Å². The summed E-state index contributed by atoms with van der Waals surface area (Å²) in [7, 11) is 0.